The van der Waals surface area contributed by atoms with Crippen molar-refractivity contribution in [2.24, 2.45) is 0 Å². The Hall–Kier alpha value is -1.85. The number of anilines is 1. The van der Waals surface area contributed by atoms with Crippen LogP contribution in [-0.4, -0.2) is 20.9 Å². The maximum Gasteiger partial charge on any atom is 0.223 e. The molecule has 0 N–H and O–H groups in total. The van der Waals surface area contributed by atoms with Crippen LogP contribution in [0.5, 0.6) is 0 Å². The zero-order valence-corrected chi connectivity index (χ0v) is 15.1. The second kappa shape index (κ2) is 6.22. The zero-order valence-electron chi connectivity index (χ0n) is 13.5. The highest BCUT2D eigenvalue weighted by Gasteiger charge is 2.24. The first kappa shape index (κ1) is 17.0. The summed E-state index contributed by atoms with van der Waals surface area (Å²) >= 11 is 6.04. The van der Waals surface area contributed by atoms with Crippen molar-refractivity contribution < 1.29 is 13.2 Å². The van der Waals surface area contributed by atoms with Gasteiger partial charge in [0.15, 0.2) is 9.84 Å². The van der Waals surface area contributed by atoms with Gasteiger partial charge in [0.05, 0.1) is 10.6 Å². The Kier molecular flexibility index (Phi) is 4.40. The summed E-state index contributed by atoms with van der Waals surface area (Å²) in [5.74, 6) is -0.0784. The zero-order chi connectivity index (χ0) is 17.5. The Morgan fingerprint density at radius 1 is 1.25 bits per heavy atom. The molecule has 0 spiro atoms. The molecule has 0 saturated heterocycles. The van der Waals surface area contributed by atoms with Gasteiger partial charge < -0.3 is 4.90 Å². The van der Waals surface area contributed by atoms with Gasteiger partial charge in [0, 0.05) is 24.2 Å². The van der Waals surface area contributed by atoms with Crippen molar-refractivity contribution in [2.75, 3.05) is 11.4 Å². The van der Waals surface area contributed by atoms with Crippen LogP contribution in [0.1, 0.15) is 23.6 Å². The Morgan fingerprint density at radius 3 is 2.71 bits per heavy atom. The monoisotopic (exact) mass is 363 g/mol. The van der Waals surface area contributed by atoms with E-state index in [0.717, 1.165) is 23.2 Å². The smallest absolute Gasteiger partial charge is 0.223 e. The SMILES string of the molecule is CC(=O)N1CCc2cc(CS(=O)(=O)c3cccc(Cl)c3C)ccc21. The minimum absolute atomic E-state index is 0.00340. The average Bonchev–Trinajstić information content (AvgIpc) is 2.92. The molecule has 1 aliphatic heterocycles. The van der Waals surface area contributed by atoms with Crippen molar-refractivity contribution in [3.63, 3.8) is 0 Å². The maximum atomic E-state index is 12.7. The van der Waals surface area contributed by atoms with E-state index < -0.39 is 9.84 Å². The van der Waals surface area contributed by atoms with Crippen molar-refractivity contribution in [1.29, 1.82) is 0 Å². The van der Waals surface area contributed by atoms with Gasteiger partial charge >= 0.3 is 0 Å². The van der Waals surface area contributed by atoms with E-state index in [1.165, 1.54) is 6.92 Å². The van der Waals surface area contributed by atoms with Gasteiger partial charge in [0.2, 0.25) is 5.91 Å². The number of fused-ring (bicyclic) bond motifs is 1. The second-order valence-electron chi connectivity index (χ2n) is 6.01. The summed E-state index contributed by atoms with van der Waals surface area (Å²) in [5.41, 5.74) is 3.19. The van der Waals surface area contributed by atoms with E-state index >= 15 is 0 Å². The van der Waals surface area contributed by atoms with Gasteiger partial charge in [-0.1, -0.05) is 29.8 Å². The Balaban J connectivity index is 1.92. The average molecular weight is 364 g/mol. The molecule has 0 saturated carbocycles. The second-order valence-corrected chi connectivity index (χ2v) is 8.37. The molecule has 0 fully saturated rings. The van der Waals surface area contributed by atoms with Gasteiger partial charge in [-0.3, -0.25) is 4.79 Å². The molecule has 4 nitrogen and oxygen atoms in total. The molecule has 2 aromatic carbocycles. The van der Waals surface area contributed by atoms with Crippen LogP contribution >= 0.6 is 11.6 Å². The molecule has 0 aliphatic carbocycles. The highest BCUT2D eigenvalue weighted by atomic mass is 35.5. The van der Waals surface area contributed by atoms with E-state index in [-0.39, 0.29) is 16.6 Å². The third-order valence-corrected chi connectivity index (χ3v) is 6.56. The van der Waals surface area contributed by atoms with Gasteiger partial charge in [0.1, 0.15) is 0 Å². The summed E-state index contributed by atoms with van der Waals surface area (Å²) in [4.78, 5) is 13.6. The van der Waals surface area contributed by atoms with Crippen molar-refractivity contribution in [3.05, 3.63) is 58.1 Å². The quantitative estimate of drug-likeness (QED) is 0.838. The topological polar surface area (TPSA) is 54.5 Å². The van der Waals surface area contributed by atoms with Crippen LogP contribution in [0.2, 0.25) is 5.02 Å². The first-order valence-electron chi connectivity index (χ1n) is 7.67. The van der Waals surface area contributed by atoms with Crippen molar-refractivity contribution in [3.8, 4) is 0 Å². The highest BCUT2D eigenvalue weighted by molar-refractivity contribution is 7.90. The summed E-state index contributed by atoms with van der Waals surface area (Å²) in [6, 6.07) is 10.4. The molecule has 6 heteroatoms. The number of benzene rings is 2. The molecule has 3 rings (SSSR count). The summed E-state index contributed by atoms with van der Waals surface area (Å²) in [5, 5.41) is 0.446. The summed E-state index contributed by atoms with van der Waals surface area (Å²) in [6.45, 7) is 3.90. The van der Waals surface area contributed by atoms with Crippen LogP contribution in [0.3, 0.4) is 0 Å². The third-order valence-electron chi connectivity index (χ3n) is 4.33. The molecule has 24 heavy (non-hydrogen) atoms. The molecule has 126 valence electrons. The Morgan fingerprint density at radius 2 is 2.00 bits per heavy atom. The highest BCUT2D eigenvalue weighted by Crippen LogP contribution is 2.31. The Bertz CT molecular complexity index is 922. The summed E-state index contributed by atoms with van der Waals surface area (Å²) < 4.78 is 25.4. The van der Waals surface area contributed by atoms with E-state index in [4.69, 9.17) is 11.6 Å². The molecule has 0 radical (unpaired) electrons. The lowest BCUT2D eigenvalue weighted by Crippen LogP contribution is -2.25. The van der Waals surface area contributed by atoms with Gasteiger partial charge in [-0.05, 0) is 48.2 Å². The number of carbonyl (C=O) groups excluding carboxylic acids is 1. The van der Waals surface area contributed by atoms with Crippen LogP contribution in [0.15, 0.2) is 41.3 Å². The van der Waals surface area contributed by atoms with Crippen LogP contribution in [0, 0.1) is 6.92 Å². The van der Waals surface area contributed by atoms with Crippen LogP contribution in [-0.2, 0) is 26.8 Å². The molecule has 1 amide bonds. The van der Waals surface area contributed by atoms with Gasteiger partial charge in [-0.25, -0.2) is 8.42 Å². The molecule has 0 bridgehead atoms. The third kappa shape index (κ3) is 3.06. The van der Waals surface area contributed by atoms with E-state index in [1.807, 2.05) is 12.1 Å². The molecular weight excluding hydrogens is 346 g/mol. The number of halogens is 1. The standard InChI is InChI=1S/C18H18ClNO3S/c1-12-16(19)4-3-5-18(12)24(22,23)11-14-6-7-17-15(10-14)8-9-20(17)13(2)21/h3-7,10H,8-9,11H2,1-2H3. The number of rotatable bonds is 3. The molecule has 0 atom stereocenters. The fraction of sp³-hybridized carbons (Fsp3) is 0.278. The van der Waals surface area contributed by atoms with Gasteiger partial charge in [0.25, 0.3) is 0 Å². The number of sulfone groups is 1. The molecule has 1 heterocycles. The van der Waals surface area contributed by atoms with Crippen LogP contribution in [0.25, 0.3) is 0 Å². The summed E-state index contributed by atoms with van der Waals surface area (Å²) in [7, 11) is -3.48. The van der Waals surface area contributed by atoms with Crippen LogP contribution < -0.4 is 4.90 Å². The lowest BCUT2D eigenvalue weighted by molar-refractivity contribution is -0.116. The molecular formula is C18H18ClNO3S. The predicted octanol–water partition coefficient (Wildman–Crippen LogP) is 3.53. The van der Waals surface area contributed by atoms with Gasteiger partial charge in [-0.2, -0.15) is 0 Å². The number of carbonyl (C=O) groups is 1. The minimum Gasteiger partial charge on any atom is -0.312 e. The van der Waals surface area contributed by atoms with E-state index in [1.54, 1.807) is 36.1 Å². The molecule has 0 unspecified atom stereocenters. The number of amides is 1. The van der Waals surface area contributed by atoms with Crippen molar-refractivity contribution in [2.45, 2.75) is 30.9 Å². The first-order valence-corrected chi connectivity index (χ1v) is 9.70. The van der Waals surface area contributed by atoms with Crippen molar-refractivity contribution >= 4 is 33.0 Å². The van der Waals surface area contributed by atoms with E-state index in [0.29, 0.717) is 17.1 Å². The van der Waals surface area contributed by atoms with Crippen LogP contribution in [0.4, 0.5) is 5.69 Å². The minimum atomic E-state index is -3.48. The maximum absolute atomic E-state index is 12.7. The molecule has 1 aliphatic rings. The Labute approximate surface area is 147 Å². The predicted molar refractivity (Wildman–Crippen MR) is 95.3 cm³/mol. The molecule has 0 aromatic heterocycles. The van der Waals surface area contributed by atoms with Gasteiger partial charge in [-0.15, -0.1) is 0 Å². The van der Waals surface area contributed by atoms with E-state index in [2.05, 4.69) is 0 Å². The van der Waals surface area contributed by atoms with Crippen molar-refractivity contribution in [1.82, 2.24) is 0 Å². The fourth-order valence-corrected chi connectivity index (χ4v) is 4.96. The lowest BCUT2D eigenvalue weighted by Gasteiger charge is -2.15. The fourth-order valence-electron chi connectivity index (χ4n) is 3.09. The molecule has 2 aromatic rings. The normalized spacial score (nSPS) is 13.9. The van der Waals surface area contributed by atoms with E-state index in [9.17, 15) is 13.2 Å². The number of hydrogen-bond acceptors (Lipinski definition) is 3. The first-order chi connectivity index (χ1) is 11.3. The summed E-state index contributed by atoms with van der Waals surface area (Å²) in [6.07, 6.45) is 0.749. The largest absolute Gasteiger partial charge is 0.312 e. The number of nitrogens with zero attached hydrogens (tertiary/aromatic N) is 1. The number of hydrogen-bond donors (Lipinski definition) is 0. The lowest BCUT2D eigenvalue weighted by atomic mass is 10.1.